The Hall–Kier alpha value is -1.55. The average molecular weight is 259 g/mol. The summed E-state index contributed by atoms with van der Waals surface area (Å²) in [6.07, 6.45) is 8.70. The number of H-pyrrole nitrogens is 1. The number of anilines is 1. The van der Waals surface area contributed by atoms with E-state index in [1.54, 1.807) is 0 Å². The van der Waals surface area contributed by atoms with Crippen molar-refractivity contribution in [3.63, 3.8) is 0 Å². The summed E-state index contributed by atoms with van der Waals surface area (Å²) in [5, 5.41) is 14.6. The van der Waals surface area contributed by atoms with Gasteiger partial charge in [0.25, 0.3) is 0 Å². The van der Waals surface area contributed by atoms with Crippen molar-refractivity contribution in [3.05, 3.63) is 24.0 Å². The van der Waals surface area contributed by atoms with Crippen LogP contribution in [0.25, 0.3) is 11.0 Å². The Balaban J connectivity index is 1.91. The van der Waals surface area contributed by atoms with Crippen molar-refractivity contribution >= 4 is 16.7 Å². The second-order valence-electron chi connectivity index (χ2n) is 5.41. The third-order valence-corrected chi connectivity index (χ3v) is 4.04. The Morgan fingerprint density at radius 3 is 3.16 bits per heavy atom. The third-order valence-electron chi connectivity index (χ3n) is 4.04. The zero-order valence-corrected chi connectivity index (χ0v) is 11.3. The summed E-state index contributed by atoms with van der Waals surface area (Å²) in [6.45, 7) is 2.15. The first kappa shape index (κ1) is 12.5. The lowest BCUT2D eigenvalue weighted by molar-refractivity contribution is 0.124. The summed E-state index contributed by atoms with van der Waals surface area (Å²) >= 11 is 0. The van der Waals surface area contributed by atoms with Crippen LogP contribution in [0.15, 0.2) is 18.5 Å². The molecule has 4 heteroatoms. The number of nitrogens with one attached hydrogen (secondary N) is 2. The van der Waals surface area contributed by atoms with Crippen LogP contribution in [0.3, 0.4) is 0 Å². The van der Waals surface area contributed by atoms with E-state index >= 15 is 0 Å². The van der Waals surface area contributed by atoms with Crippen molar-refractivity contribution < 1.29 is 5.11 Å². The van der Waals surface area contributed by atoms with Crippen LogP contribution in [0.4, 0.5) is 5.69 Å². The van der Waals surface area contributed by atoms with Crippen LogP contribution in [0.5, 0.6) is 0 Å². The van der Waals surface area contributed by atoms with E-state index < -0.39 is 0 Å². The molecule has 0 aromatic carbocycles. The Labute approximate surface area is 113 Å². The second kappa shape index (κ2) is 5.21. The Bertz CT molecular complexity index is 564. The Kier molecular flexibility index (Phi) is 3.42. The molecule has 2 heterocycles. The number of aryl methyl sites for hydroxylation is 1. The van der Waals surface area contributed by atoms with E-state index in [9.17, 15) is 5.11 Å². The highest BCUT2D eigenvalue weighted by Gasteiger charge is 2.21. The van der Waals surface area contributed by atoms with Gasteiger partial charge in [0.2, 0.25) is 0 Å². The topological polar surface area (TPSA) is 60.9 Å². The number of aromatic nitrogens is 2. The molecule has 19 heavy (non-hydrogen) atoms. The minimum absolute atomic E-state index is 0.153. The molecular weight excluding hydrogens is 238 g/mol. The van der Waals surface area contributed by atoms with E-state index in [0.717, 1.165) is 43.1 Å². The highest BCUT2D eigenvalue weighted by Crippen LogP contribution is 2.29. The van der Waals surface area contributed by atoms with Crippen LogP contribution in [0.1, 0.15) is 38.2 Å². The van der Waals surface area contributed by atoms with Gasteiger partial charge in [0, 0.05) is 23.8 Å². The maximum absolute atomic E-state index is 9.80. The number of rotatable bonds is 3. The van der Waals surface area contributed by atoms with Crippen LogP contribution in [-0.2, 0) is 6.42 Å². The van der Waals surface area contributed by atoms with E-state index in [2.05, 4.69) is 28.3 Å². The van der Waals surface area contributed by atoms with Crippen LogP contribution < -0.4 is 5.32 Å². The number of aromatic amines is 1. The van der Waals surface area contributed by atoms with E-state index in [4.69, 9.17) is 0 Å². The first-order valence-corrected chi connectivity index (χ1v) is 7.17. The van der Waals surface area contributed by atoms with E-state index in [1.807, 2.05) is 12.4 Å². The first-order chi connectivity index (χ1) is 9.28. The Morgan fingerprint density at radius 2 is 2.37 bits per heavy atom. The largest absolute Gasteiger partial charge is 0.393 e. The fourth-order valence-electron chi connectivity index (χ4n) is 2.99. The zero-order valence-electron chi connectivity index (χ0n) is 11.3. The standard InChI is InChI=1S/C15H21N3O/c1-2-10-9-17-15-13(6-7-16-15)14(10)18-11-4-3-5-12(19)8-11/h6-7,9,11-12,19H,2-5,8H2,1H3,(H2,16,17,18)/t11-,12-/m0/s1. The molecule has 3 N–H and O–H groups in total. The fraction of sp³-hybridized carbons (Fsp3) is 0.533. The van der Waals surface area contributed by atoms with Crippen molar-refractivity contribution in [2.75, 3.05) is 5.32 Å². The minimum atomic E-state index is -0.153. The maximum Gasteiger partial charge on any atom is 0.139 e. The summed E-state index contributed by atoms with van der Waals surface area (Å²) in [6, 6.07) is 2.44. The molecule has 1 aliphatic carbocycles. The molecular formula is C15H21N3O. The molecule has 0 spiro atoms. The van der Waals surface area contributed by atoms with Gasteiger partial charge in [-0.1, -0.05) is 6.92 Å². The SMILES string of the molecule is CCc1cnc2[nH]ccc2c1N[C@H]1CCC[C@H](O)C1. The van der Waals surface area contributed by atoms with Gasteiger partial charge in [-0.3, -0.25) is 0 Å². The highest BCUT2D eigenvalue weighted by molar-refractivity contribution is 5.91. The lowest BCUT2D eigenvalue weighted by atomic mass is 9.92. The highest BCUT2D eigenvalue weighted by atomic mass is 16.3. The molecule has 0 radical (unpaired) electrons. The van der Waals surface area contributed by atoms with Gasteiger partial charge < -0.3 is 15.4 Å². The summed E-state index contributed by atoms with van der Waals surface area (Å²) in [5.74, 6) is 0. The number of nitrogens with zero attached hydrogens (tertiary/aromatic N) is 1. The molecule has 2 aromatic rings. The predicted molar refractivity (Wildman–Crippen MR) is 77.4 cm³/mol. The van der Waals surface area contributed by atoms with Gasteiger partial charge in [-0.15, -0.1) is 0 Å². The number of hydrogen-bond donors (Lipinski definition) is 3. The van der Waals surface area contributed by atoms with E-state index in [-0.39, 0.29) is 6.10 Å². The lowest BCUT2D eigenvalue weighted by Crippen LogP contribution is -2.30. The van der Waals surface area contributed by atoms with Crippen molar-refractivity contribution in [2.24, 2.45) is 0 Å². The minimum Gasteiger partial charge on any atom is -0.393 e. The van der Waals surface area contributed by atoms with E-state index in [1.165, 1.54) is 11.3 Å². The summed E-state index contributed by atoms with van der Waals surface area (Å²) < 4.78 is 0. The van der Waals surface area contributed by atoms with Crippen molar-refractivity contribution in [2.45, 2.75) is 51.2 Å². The van der Waals surface area contributed by atoms with Crippen LogP contribution in [0, 0.1) is 0 Å². The zero-order chi connectivity index (χ0) is 13.2. The molecule has 0 bridgehead atoms. The number of fused-ring (bicyclic) bond motifs is 1. The predicted octanol–water partition coefficient (Wildman–Crippen LogP) is 2.84. The quantitative estimate of drug-likeness (QED) is 0.794. The van der Waals surface area contributed by atoms with Gasteiger partial charge in [-0.05, 0) is 43.7 Å². The van der Waals surface area contributed by atoms with Crippen LogP contribution >= 0.6 is 0 Å². The van der Waals surface area contributed by atoms with Gasteiger partial charge >= 0.3 is 0 Å². The van der Waals surface area contributed by atoms with Gasteiger partial charge in [0.05, 0.1) is 11.8 Å². The molecule has 1 aliphatic rings. The van der Waals surface area contributed by atoms with Crippen molar-refractivity contribution in [1.82, 2.24) is 9.97 Å². The lowest BCUT2D eigenvalue weighted by Gasteiger charge is -2.28. The molecule has 0 aliphatic heterocycles. The second-order valence-corrected chi connectivity index (χ2v) is 5.41. The van der Waals surface area contributed by atoms with Gasteiger partial charge in [0.1, 0.15) is 5.65 Å². The molecule has 4 nitrogen and oxygen atoms in total. The summed E-state index contributed by atoms with van der Waals surface area (Å²) in [4.78, 5) is 7.59. The Morgan fingerprint density at radius 1 is 1.47 bits per heavy atom. The van der Waals surface area contributed by atoms with Gasteiger partial charge in [0.15, 0.2) is 0 Å². The molecule has 1 fully saturated rings. The van der Waals surface area contributed by atoms with Gasteiger partial charge in [-0.25, -0.2) is 4.98 Å². The normalized spacial score (nSPS) is 23.7. The molecule has 0 unspecified atom stereocenters. The number of aliphatic hydroxyl groups is 1. The summed E-state index contributed by atoms with van der Waals surface area (Å²) in [5.41, 5.74) is 3.36. The summed E-state index contributed by atoms with van der Waals surface area (Å²) in [7, 11) is 0. The fourth-order valence-corrected chi connectivity index (χ4v) is 2.99. The number of pyridine rings is 1. The van der Waals surface area contributed by atoms with Crippen LogP contribution in [-0.4, -0.2) is 27.2 Å². The number of aliphatic hydroxyl groups excluding tert-OH is 1. The van der Waals surface area contributed by atoms with Crippen molar-refractivity contribution in [1.29, 1.82) is 0 Å². The van der Waals surface area contributed by atoms with Gasteiger partial charge in [-0.2, -0.15) is 0 Å². The third kappa shape index (κ3) is 2.45. The number of hydrogen-bond acceptors (Lipinski definition) is 3. The molecule has 2 atom stereocenters. The average Bonchev–Trinajstić information content (AvgIpc) is 2.88. The van der Waals surface area contributed by atoms with Crippen molar-refractivity contribution in [3.8, 4) is 0 Å². The smallest absolute Gasteiger partial charge is 0.139 e. The molecule has 1 saturated carbocycles. The molecule has 102 valence electrons. The molecule has 0 amide bonds. The van der Waals surface area contributed by atoms with Crippen LogP contribution in [0.2, 0.25) is 0 Å². The maximum atomic E-state index is 9.80. The molecule has 0 saturated heterocycles. The monoisotopic (exact) mass is 259 g/mol. The molecule has 2 aromatic heterocycles. The molecule has 3 rings (SSSR count). The van der Waals surface area contributed by atoms with E-state index in [0.29, 0.717) is 6.04 Å². The first-order valence-electron chi connectivity index (χ1n) is 7.17.